The predicted octanol–water partition coefficient (Wildman–Crippen LogP) is 1.33. The first-order valence-electron chi connectivity index (χ1n) is 11.5. The normalized spacial score (nSPS) is 31.5. The van der Waals surface area contributed by atoms with E-state index < -0.39 is 57.8 Å². The summed E-state index contributed by atoms with van der Waals surface area (Å²) in [4.78, 5) is 44.7. The SMILES string of the molecule is CN(C)c1cc(-c2nccs2)c(O)c2c1C[C@H]1C[C@H]3CC(=O)C(C(N)=O)=C(O)[C@@]3(O)C(O)C1(C)C2=O. The van der Waals surface area contributed by atoms with Gasteiger partial charge < -0.3 is 31.1 Å². The van der Waals surface area contributed by atoms with Crippen molar-refractivity contribution in [3.8, 4) is 16.3 Å². The molecule has 11 heteroatoms. The largest absolute Gasteiger partial charge is 0.508 e. The van der Waals surface area contributed by atoms with E-state index in [2.05, 4.69) is 4.98 Å². The minimum atomic E-state index is -2.43. The Morgan fingerprint density at radius 1 is 1.22 bits per heavy atom. The first-order valence-corrected chi connectivity index (χ1v) is 12.4. The Kier molecular flexibility index (Phi) is 5.33. The highest BCUT2D eigenvalue weighted by molar-refractivity contribution is 7.13. The number of rotatable bonds is 3. The summed E-state index contributed by atoms with van der Waals surface area (Å²) in [6.45, 7) is 1.49. The quantitative estimate of drug-likeness (QED) is 0.379. The molecule has 0 saturated heterocycles. The number of phenolic OH excluding ortho intramolecular Hbond substituents is 1. The van der Waals surface area contributed by atoms with E-state index in [4.69, 9.17) is 5.73 Å². The minimum absolute atomic E-state index is 0.0247. The van der Waals surface area contributed by atoms with E-state index in [1.54, 1.807) is 17.6 Å². The van der Waals surface area contributed by atoms with Crippen LogP contribution in [0.5, 0.6) is 5.75 Å². The molecule has 0 spiro atoms. The number of aromatic hydroxyl groups is 1. The van der Waals surface area contributed by atoms with Gasteiger partial charge in [0.25, 0.3) is 5.91 Å². The van der Waals surface area contributed by atoms with Crippen LogP contribution in [0.1, 0.15) is 35.7 Å². The summed E-state index contributed by atoms with van der Waals surface area (Å²) < 4.78 is 0. The molecule has 5 rings (SSSR count). The molecular formula is C25H27N3O7S. The third-order valence-corrected chi connectivity index (χ3v) is 9.10. The van der Waals surface area contributed by atoms with Gasteiger partial charge in [-0.25, -0.2) is 4.98 Å². The molecule has 190 valence electrons. The fourth-order valence-electron chi connectivity index (χ4n) is 6.33. The van der Waals surface area contributed by atoms with Gasteiger partial charge in [0.05, 0.1) is 16.5 Å². The maximum absolute atomic E-state index is 14.2. The van der Waals surface area contributed by atoms with Crippen molar-refractivity contribution in [1.29, 1.82) is 0 Å². The third-order valence-electron chi connectivity index (χ3n) is 8.29. The molecule has 2 aromatic rings. The van der Waals surface area contributed by atoms with Crippen molar-refractivity contribution in [2.45, 2.75) is 37.9 Å². The van der Waals surface area contributed by atoms with Crippen LogP contribution in [0.25, 0.3) is 10.6 Å². The maximum Gasteiger partial charge on any atom is 0.255 e. The van der Waals surface area contributed by atoms with Gasteiger partial charge in [-0.1, -0.05) is 0 Å². The molecule has 1 heterocycles. The fraction of sp³-hybridized carbons (Fsp3) is 0.440. The van der Waals surface area contributed by atoms with Crippen molar-refractivity contribution in [1.82, 2.24) is 4.98 Å². The molecule has 5 atom stereocenters. The number of phenols is 1. The van der Waals surface area contributed by atoms with Gasteiger partial charge in [0.15, 0.2) is 17.2 Å². The highest BCUT2D eigenvalue weighted by atomic mass is 32.1. The van der Waals surface area contributed by atoms with Crippen LogP contribution in [0.2, 0.25) is 0 Å². The molecule has 3 aliphatic rings. The van der Waals surface area contributed by atoms with Gasteiger partial charge in [-0.2, -0.15) is 0 Å². The lowest BCUT2D eigenvalue weighted by atomic mass is 9.48. The summed E-state index contributed by atoms with van der Waals surface area (Å²) in [5.41, 5.74) is 2.15. The zero-order valence-corrected chi connectivity index (χ0v) is 20.8. The standard InChI is InChI=1S/C25H27N3O7S/c1-24-10(6-11-8-15(29)17(21(26)33)20(32)25(11,35)23(24)34)7-12-14(28(2)3)9-13(22-27-4-5-36-22)18(30)16(12)19(24)31/h4-5,9-11,23,30,32,34-35H,6-8H2,1-3H3,(H2,26,33)/t10-,11+,23?,24?,25-/m1/s1. The summed E-state index contributed by atoms with van der Waals surface area (Å²) in [6, 6.07) is 1.77. The molecule has 1 aromatic carbocycles. The molecule has 36 heavy (non-hydrogen) atoms. The van der Waals surface area contributed by atoms with Gasteiger partial charge in [-0.05, 0) is 37.3 Å². The monoisotopic (exact) mass is 513 g/mol. The van der Waals surface area contributed by atoms with Crippen LogP contribution >= 0.6 is 11.3 Å². The third kappa shape index (κ3) is 2.96. The van der Waals surface area contributed by atoms with Gasteiger partial charge in [0.1, 0.15) is 28.2 Å². The zero-order valence-electron chi connectivity index (χ0n) is 20.0. The molecule has 0 aliphatic heterocycles. The number of aromatic nitrogens is 1. The molecular weight excluding hydrogens is 486 g/mol. The number of carbonyl (C=O) groups is 3. The zero-order chi connectivity index (χ0) is 26.3. The number of thiazole rings is 1. The number of hydrogen-bond acceptors (Lipinski definition) is 10. The van der Waals surface area contributed by atoms with E-state index in [9.17, 15) is 34.8 Å². The van der Waals surface area contributed by atoms with Crippen LogP contribution < -0.4 is 10.6 Å². The Hall–Kier alpha value is -3.28. The van der Waals surface area contributed by atoms with E-state index in [0.29, 0.717) is 21.8 Å². The van der Waals surface area contributed by atoms with Crippen molar-refractivity contribution in [3.63, 3.8) is 0 Å². The van der Waals surface area contributed by atoms with Crippen molar-refractivity contribution in [3.05, 3.63) is 40.1 Å². The number of anilines is 1. The molecule has 2 unspecified atom stereocenters. The fourth-order valence-corrected chi connectivity index (χ4v) is 6.99. The Bertz CT molecular complexity index is 1350. The molecule has 6 N–H and O–H groups in total. The van der Waals surface area contributed by atoms with Gasteiger partial charge >= 0.3 is 0 Å². The molecule has 0 bridgehead atoms. The van der Waals surface area contributed by atoms with Crippen molar-refractivity contribution < 1.29 is 34.8 Å². The lowest BCUT2D eigenvalue weighted by Gasteiger charge is -2.57. The van der Waals surface area contributed by atoms with E-state index in [0.717, 1.165) is 0 Å². The van der Waals surface area contributed by atoms with Gasteiger partial charge in [0.2, 0.25) is 0 Å². The number of Topliss-reactive ketones (excluding diaryl/α,β-unsaturated/α-hetero) is 2. The van der Waals surface area contributed by atoms with Gasteiger partial charge in [-0.15, -0.1) is 11.3 Å². The molecule has 0 radical (unpaired) electrons. The summed E-state index contributed by atoms with van der Waals surface area (Å²) in [5.74, 6) is -5.25. The van der Waals surface area contributed by atoms with Crippen molar-refractivity contribution in [2.75, 3.05) is 19.0 Å². The van der Waals surface area contributed by atoms with Crippen LogP contribution in [-0.4, -0.2) is 68.7 Å². The van der Waals surface area contributed by atoms with E-state index in [-0.39, 0.29) is 30.6 Å². The van der Waals surface area contributed by atoms with Crippen LogP contribution in [0.3, 0.4) is 0 Å². The highest BCUT2D eigenvalue weighted by Crippen LogP contribution is 2.59. The Balaban J connectivity index is 1.73. The average molecular weight is 514 g/mol. The molecule has 1 fully saturated rings. The van der Waals surface area contributed by atoms with E-state index >= 15 is 0 Å². The lowest BCUT2D eigenvalue weighted by molar-refractivity contribution is -0.194. The molecule has 3 aliphatic carbocycles. The molecule has 1 amide bonds. The van der Waals surface area contributed by atoms with Crippen molar-refractivity contribution >= 4 is 34.5 Å². The maximum atomic E-state index is 14.2. The van der Waals surface area contributed by atoms with Gasteiger partial charge in [-0.3, -0.25) is 14.4 Å². The number of amides is 1. The average Bonchev–Trinajstić information content (AvgIpc) is 3.33. The number of hydrogen-bond donors (Lipinski definition) is 5. The van der Waals surface area contributed by atoms with Crippen LogP contribution in [0.15, 0.2) is 29.0 Å². The Morgan fingerprint density at radius 2 is 1.92 bits per heavy atom. The van der Waals surface area contributed by atoms with Gasteiger partial charge in [0, 0.05) is 43.7 Å². The summed E-state index contributed by atoms with van der Waals surface area (Å²) in [5, 5.41) is 47.6. The first-order chi connectivity index (χ1) is 16.8. The van der Waals surface area contributed by atoms with E-state index in [1.807, 2.05) is 19.0 Å². The van der Waals surface area contributed by atoms with Crippen LogP contribution in [0, 0.1) is 17.3 Å². The Labute approximate surface area is 210 Å². The molecule has 10 nitrogen and oxygen atoms in total. The summed E-state index contributed by atoms with van der Waals surface area (Å²) in [6.07, 6.45) is -0.189. The summed E-state index contributed by atoms with van der Waals surface area (Å²) in [7, 11) is 3.64. The number of nitrogens with zero attached hydrogens (tertiary/aromatic N) is 2. The molecule has 1 aromatic heterocycles. The molecule has 1 saturated carbocycles. The lowest BCUT2D eigenvalue weighted by Crippen LogP contribution is -2.68. The Morgan fingerprint density at radius 3 is 2.50 bits per heavy atom. The number of benzene rings is 1. The predicted molar refractivity (Wildman–Crippen MR) is 131 cm³/mol. The second-order valence-electron chi connectivity index (χ2n) is 10.3. The number of ketones is 2. The number of aliphatic hydroxyl groups excluding tert-OH is 2. The number of fused-ring (bicyclic) bond motifs is 3. The topological polar surface area (TPSA) is 174 Å². The number of aliphatic hydroxyl groups is 3. The number of nitrogens with two attached hydrogens (primary N) is 1. The van der Waals surface area contributed by atoms with Crippen LogP contribution in [-0.2, 0) is 16.0 Å². The van der Waals surface area contributed by atoms with E-state index in [1.165, 1.54) is 18.3 Å². The second kappa shape index (κ2) is 7.86. The number of carbonyl (C=O) groups excluding carboxylic acids is 3. The van der Waals surface area contributed by atoms with Crippen LogP contribution in [0.4, 0.5) is 5.69 Å². The minimum Gasteiger partial charge on any atom is -0.508 e. The first kappa shape index (κ1) is 24.4. The second-order valence-corrected chi connectivity index (χ2v) is 11.2. The number of primary amides is 1. The smallest absolute Gasteiger partial charge is 0.255 e. The van der Waals surface area contributed by atoms with Crippen molar-refractivity contribution in [2.24, 2.45) is 23.0 Å². The summed E-state index contributed by atoms with van der Waals surface area (Å²) >= 11 is 1.30. The highest BCUT2D eigenvalue weighted by Gasteiger charge is 2.67.